The Morgan fingerprint density at radius 2 is 2.36 bits per heavy atom. The van der Waals surface area contributed by atoms with Crippen LogP contribution >= 0.6 is 43.2 Å². The molecular formula is C8H9Br2NO2S. The maximum absolute atomic E-state index is 11.0. The van der Waals surface area contributed by atoms with Gasteiger partial charge in [0.2, 0.25) is 0 Å². The van der Waals surface area contributed by atoms with Crippen molar-refractivity contribution in [3.8, 4) is 0 Å². The molecule has 0 bridgehead atoms. The molecule has 0 saturated carbocycles. The number of nitrogens with two attached hydrogens (primary N) is 1. The number of hydrogen-bond acceptors (Lipinski definition) is 4. The minimum absolute atomic E-state index is 0.204. The normalized spacial score (nSPS) is 12.6. The monoisotopic (exact) mass is 341 g/mol. The van der Waals surface area contributed by atoms with Crippen molar-refractivity contribution >= 4 is 49.2 Å². The van der Waals surface area contributed by atoms with Crippen LogP contribution in [0.25, 0.3) is 0 Å². The Morgan fingerprint density at radius 3 is 2.79 bits per heavy atom. The van der Waals surface area contributed by atoms with E-state index in [2.05, 4.69) is 36.6 Å². The molecule has 1 atom stereocenters. The summed E-state index contributed by atoms with van der Waals surface area (Å²) in [4.78, 5) is 11.9. The van der Waals surface area contributed by atoms with E-state index < -0.39 is 0 Å². The molecule has 1 rings (SSSR count). The van der Waals surface area contributed by atoms with Gasteiger partial charge in [-0.05, 0) is 37.9 Å². The summed E-state index contributed by atoms with van der Waals surface area (Å²) < 4.78 is 6.48. The Hall–Kier alpha value is 0.0900. The largest absolute Gasteiger partial charge is 0.469 e. The van der Waals surface area contributed by atoms with Crippen LogP contribution in [0.15, 0.2) is 14.3 Å². The van der Waals surface area contributed by atoms with E-state index in [0.29, 0.717) is 0 Å². The van der Waals surface area contributed by atoms with Gasteiger partial charge in [0.05, 0.1) is 17.3 Å². The highest BCUT2D eigenvalue weighted by Gasteiger charge is 2.15. The van der Waals surface area contributed by atoms with E-state index in [1.165, 1.54) is 18.4 Å². The molecule has 0 unspecified atom stereocenters. The summed E-state index contributed by atoms with van der Waals surface area (Å²) in [5, 5.41) is 0. The van der Waals surface area contributed by atoms with Gasteiger partial charge in [-0.3, -0.25) is 4.79 Å². The highest BCUT2D eigenvalue weighted by Crippen LogP contribution is 2.35. The van der Waals surface area contributed by atoms with Crippen LogP contribution in [0.4, 0.5) is 0 Å². The van der Waals surface area contributed by atoms with Crippen molar-refractivity contribution in [1.82, 2.24) is 0 Å². The lowest BCUT2D eigenvalue weighted by Gasteiger charge is -2.06. The lowest BCUT2D eigenvalue weighted by atomic mass is 10.2. The fourth-order valence-corrected chi connectivity index (χ4v) is 3.00. The van der Waals surface area contributed by atoms with Crippen molar-refractivity contribution in [3.63, 3.8) is 0 Å². The Morgan fingerprint density at radius 1 is 1.71 bits per heavy atom. The topological polar surface area (TPSA) is 52.3 Å². The summed E-state index contributed by atoms with van der Waals surface area (Å²) in [5.74, 6) is -0.293. The van der Waals surface area contributed by atoms with Crippen LogP contribution in [0.3, 0.4) is 0 Å². The van der Waals surface area contributed by atoms with E-state index in [-0.39, 0.29) is 18.4 Å². The summed E-state index contributed by atoms with van der Waals surface area (Å²) in [6.07, 6.45) is 0.204. The quantitative estimate of drug-likeness (QED) is 0.859. The van der Waals surface area contributed by atoms with Gasteiger partial charge in [-0.1, -0.05) is 0 Å². The molecule has 0 aliphatic rings. The number of thiophene rings is 1. The van der Waals surface area contributed by atoms with Crippen LogP contribution in [0.1, 0.15) is 17.3 Å². The standard InChI is InChI=1S/C8H9Br2NO2S/c1-13-7(12)3-5(11)6-2-4(9)8(10)14-6/h2,5H,3,11H2,1H3/t5-/m1/s1. The van der Waals surface area contributed by atoms with E-state index in [1.54, 1.807) is 0 Å². The molecule has 0 fully saturated rings. The second-order valence-corrected chi connectivity index (χ2v) is 5.91. The van der Waals surface area contributed by atoms with Crippen molar-refractivity contribution in [2.45, 2.75) is 12.5 Å². The molecule has 0 radical (unpaired) electrons. The van der Waals surface area contributed by atoms with Crippen molar-refractivity contribution in [2.24, 2.45) is 5.73 Å². The maximum Gasteiger partial charge on any atom is 0.307 e. The molecule has 0 saturated heterocycles. The van der Waals surface area contributed by atoms with Gasteiger partial charge in [-0.25, -0.2) is 0 Å². The van der Waals surface area contributed by atoms with Crippen molar-refractivity contribution in [3.05, 3.63) is 19.2 Å². The van der Waals surface area contributed by atoms with Crippen molar-refractivity contribution in [2.75, 3.05) is 7.11 Å². The number of halogens is 2. The van der Waals surface area contributed by atoms with Crippen LogP contribution in [0.2, 0.25) is 0 Å². The first-order valence-electron chi connectivity index (χ1n) is 3.81. The molecule has 14 heavy (non-hydrogen) atoms. The number of ether oxygens (including phenoxy) is 1. The summed E-state index contributed by atoms with van der Waals surface area (Å²) >= 11 is 8.24. The van der Waals surface area contributed by atoms with Gasteiger partial charge in [0.25, 0.3) is 0 Å². The number of methoxy groups -OCH3 is 1. The molecule has 1 aromatic rings. The molecule has 1 aromatic heterocycles. The van der Waals surface area contributed by atoms with Gasteiger partial charge in [-0.15, -0.1) is 11.3 Å². The maximum atomic E-state index is 11.0. The van der Waals surface area contributed by atoms with E-state index in [9.17, 15) is 4.79 Å². The minimum Gasteiger partial charge on any atom is -0.469 e. The molecule has 0 amide bonds. The Labute approximate surface area is 103 Å². The van der Waals surface area contributed by atoms with Gasteiger partial charge >= 0.3 is 5.97 Å². The second kappa shape index (κ2) is 5.25. The van der Waals surface area contributed by atoms with Gasteiger partial charge in [0, 0.05) is 15.4 Å². The van der Waals surface area contributed by atoms with Crippen LogP contribution in [0, 0.1) is 0 Å². The van der Waals surface area contributed by atoms with Crippen LogP contribution in [0.5, 0.6) is 0 Å². The lowest BCUT2D eigenvalue weighted by Crippen LogP contribution is -2.15. The van der Waals surface area contributed by atoms with Crippen LogP contribution in [-0.2, 0) is 9.53 Å². The van der Waals surface area contributed by atoms with Crippen LogP contribution < -0.4 is 5.73 Å². The first-order chi connectivity index (χ1) is 6.54. The average Bonchev–Trinajstić information content (AvgIpc) is 2.47. The Balaban J connectivity index is 2.69. The fourth-order valence-electron chi connectivity index (χ4n) is 0.910. The van der Waals surface area contributed by atoms with E-state index in [4.69, 9.17) is 5.73 Å². The first-order valence-corrected chi connectivity index (χ1v) is 6.22. The third kappa shape index (κ3) is 3.05. The summed E-state index contributed by atoms with van der Waals surface area (Å²) in [6.45, 7) is 0. The molecule has 2 N–H and O–H groups in total. The third-order valence-electron chi connectivity index (χ3n) is 1.64. The van der Waals surface area contributed by atoms with E-state index >= 15 is 0 Å². The smallest absolute Gasteiger partial charge is 0.307 e. The molecule has 0 spiro atoms. The number of carbonyl (C=O) groups excluding carboxylic acids is 1. The number of carbonyl (C=O) groups is 1. The molecule has 1 heterocycles. The molecule has 0 aromatic carbocycles. The zero-order chi connectivity index (χ0) is 10.7. The average molecular weight is 343 g/mol. The lowest BCUT2D eigenvalue weighted by molar-refractivity contribution is -0.141. The predicted molar refractivity (Wildman–Crippen MR) is 63.3 cm³/mol. The third-order valence-corrected chi connectivity index (χ3v) is 5.03. The first kappa shape index (κ1) is 12.2. The van der Waals surface area contributed by atoms with E-state index in [0.717, 1.165) is 13.1 Å². The Kier molecular flexibility index (Phi) is 4.56. The van der Waals surface area contributed by atoms with Crippen molar-refractivity contribution < 1.29 is 9.53 Å². The summed E-state index contributed by atoms with van der Waals surface area (Å²) in [7, 11) is 1.36. The SMILES string of the molecule is COC(=O)C[C@@H](N)c1cc(Br)c(Br)s1. The molecule has 0 aliphatic carbocycles. The predicted octanol–water partition coefficient (Wildman–Crippen LogP) is 2.84. The molecular weight excluding hydrogens is 334 g/mol. The molecule has 78 valence electrons. The van der Waals surface area contributed by atoms with Crippen LogP contribution in [-0.4, -0.2) is 13.1 Å². The minimum atomic E-state index is -0.296. The highest BCUT2D eigenvalue weighted by molar-refractivity contribution is 9.13. The molecule has 6 heteroatoms. The van der Waals surface area contributed by atoms with Gasteiger partial charge in [-0.2, -0.15) is 0 Å². The fraction of sp³-hybridized carbons (Fsp3) is 0.375. The van der Waals surface area contributed by atoms with E-state index in [1.807, 2.05) is 6.07 Å². The number of hydrogen-bond donors (Lipinski definition) is 1. The number of rotatable bonds is 3. The zero-order valence-corrected chi connectivity index (χ0v) is 11.4. The zero-order valence-electron chi connectivity index (χ0n) is 7.42. The van der Waals surface area contributed by atoms with Crippen molar-refractivity contribution in [1.29, 1.82) is 0 Å². The molecule has 0 aliphatic heterocycles. The second-order valence-electron chi connectivity index (χ2n) is 2.66. The molecule has 3 nitrogen and oxygen atoms in total. The number of esters is 1. The Bertz CT molecular complexity index is 321. The van der Waals surface area contributed by atoms with Gasteiger partial charge in [0.15, 0.2) is 0 Å². The highest BCUT2D eigenvalue weighted by atomic mass is 79.9. The van der Waals surface area contributed by atoms with Gasteiger partial charge < -0.3 is 10.5 Å². The summed E-state index contributed by atoms with van der Waals surface area (Å²) in [5.41, 5.74) is 5.82. The van der Waals surface area contributed by atoms with Gasteiger partial charge in [0.1, 0.15) is 0 Å². The summed E-state index contributed by atoms with van der Waals surface area (Å²) in [6, 6.07) is 1.61.